The van der Waals surface area contributed by atoms with Gasteiger partial charge in [-0.15, -0.1) is 9.42 Å². The smallest absolute Gasteiger partial charge is 0.480 e. The Hall–Kier alpha value is -2.22. The molecule has 0 aliphatic carbocycles. The topological polar surface area (TPSA) is 180 Å². The molecule has 0 amide bonds. The Morgan fingerprint density at radius 3 is 1.80 bits per heavy atom. The lowest BCUT2D eigenvalue weighted by Gasteiger charge is -2.33. The van der Waals surface area contributed by atoms with Gasteiger partial charge in [0.25, 0.3) is 0 Å². The van der Waals surface area contributed by atoms with Crippen LogP contribution in [0.25, 0.3) is 0 Å². The first kappa shape index (κ1) is 29.0. The number of nitrogens with zero attached hydrogens (tertiary/aromatic N) is 4. The quantitative estimate of drug-likeness (QED) is 0.195. The van der Waals surface area contributed by atoms with Crippen LogP contribution in [0.3, 0.4) is 0 Å². The number of β-amino-alcohol motifs (C(OH)–C–C–N with tert-alkyl or cyclic N) is 1. The van der Waals surface area contributed by atoms with Crippen molar-refractivity contribution in [3.05, 3.63) is 29.8 Å². The summed E-state index contributed by atoms with van der Waals surface area (Å²) in [6.07, 6.45) is -0.863. The maximum absolute atomic E-state index is 11.4. The Bertz CT molecular complexity index is 816. The number of carboxylic acid groups (broad SMARTS) is 2. The summed E-state index contributed by atoms with van der Waals surface area (Å²) < 4.78 is 15.8. The first-order chi connectivity index (χ1) is 16.6. The van der Waals surface area contributed by atoms with Gasteiger partial charge in [-0.3, -0.25) is 29.2 Å². The number of aliphatic hydroxyl groups excluding tert-OH is 1. The van der Waals surface area contributed by atoms with Crippen LogP contribution in [0.15, 0.2) is 24.3 Å². The number of nitrogen functional groups attached to an aromatic ring is 1. The third-order valence-corrected chi connectivity index (χ3v) is 6.12. The van der Waals surface area contributed by atoms with Crippen LogP contribution >= 0.6 is 8.25 Å². The summed E-state index contributed by atoms with van der Waals surface area (Å²) >= 11 is 0. The van der Waals surface area contributed by atoms with Crippen molar-refractivity contribution < 1.29 is 38.9 Å². The summed E-state index contributed by atoms with van der Waals surface area (Å²) in [5.74, 6) is -1.95. The van der Waals surface area contributed by atoms with Crippen molar-refractivity contribution in [2.75, 3.05) is 84.5 Å². The van der Waals surface area contributed by atoms with Gasteiger partial charge in [0.2, 0.25) is 0 Å². The van der Waals surface area contributed by atoms with E-state index in [0.717, 1.165) is 0 Å². The number of para-hydroxylation sites is 1. The average Bonchev–Trinajstić information content (AvgIpc) is 2.77. The predicted molar refractivity (Wildman–Crippen MR) is 128 cm³/mol. The van der Waals surface area contributed by atoms with Gasteiger partial charge in [-0.1, -0.05) is 18.2 Å². The molecule has 1 aromatic carbocycles. The highest BCUT2D eigenvalue weighted by atomic mass is 31.1. The molecule has 14 heteroatoms. The van der Waals surface area contributed by atoms with E-state index < -0.39 is 26.3 Å². The van der Waals surface area contributed by atoms with Gasteiger partial charge >= 0.3 is 20.2 Å². The molecular weight excluding hydrogens is 481 g/mol. The van der Waals surface area contributed by atoms with Crippen molar-refractivity contribution in [3.63, 3.8) is 0 Å². The highest BCUT2D eigenvalue weighted by molar-refractivity contribution is 7.32. The molecule has 1 aliphatic heterocycles. The molecule has 2 atom stereocenters. The molecule has 6 N–H and O–H groups in total. The van der Waals surface area contributed by atoms with Gasteiger partial charge in [-0.25, -0.2) is 0 Å². The fourth-order valence-electron chi connectivity index (χ4n) is 3.88. The summed E-state index contributed by atoms with van der Waals surface area (Å²) in [5, 5.41) is 29.4. The Morgan fingerprint density at radius 1 is 0.886 bits per heavy atom. The number of hydrogen-bond donors (Lipinski definition) is 5. The molecule has 1 aromatic rings. The highest BCUT2D eigenvalue weighted by Crippen LogP contribution is 2.21. The van der Waals surface area contributed by atoms with E-state index in [1.54, 1.807) is 39.0 Å². The minimum atomic E-state index is -2.79. The van der Waals surface area contributed by atoms with Crippen LogP contribution in [-0.2, 0) is 18.7 Å². The zero-order valence-corrected chi connectivity index (χ0v) is 20.5. The van der Waals surface area contributed by atoms with Crippen molar-refractivity contribution >= 4 is 25.9 Å². The van der Waals surface area contributed by atoms with E-state index in [4.69, 9.17) is 15.2 Å². The van der Waals surface area contributed by atoms with Gasteiger partial charge in [-0.2, -0.15) is 0 Å². The van der Waals surface area contributed by atoms with Crippen molar-refractivity contribution in [1.29, 1.82) is 0 Å². The monoisotopic (exact) mass is 516 g/mol. The molecule has 0 aromatic heterocycles. The van der Waals surface area contributed by atoms with Crippen LogP contribution in [0.5, 0.6) is 0 Å². The number of nitrogens with two attached hydrogens (primary N) is 1. The number of aliphatic carboxylic acids is 2. The van der Waals surface area contributed by atoms with Crippen LogP contribution < -0.4 is 5.73 Å². The van der Waals surface area contributed by atoms with Gasteiger partial charge in [0.05, 0.1) is 19.2 Å². The molecular formula is C21H35N5O8P+. The molecule has 0 bridgehead atoms. The maximum atomic E-state index is 11.4. The van der Waals surface area contributed by atoms with Crippen molar-refractivity contribution in [2.45, 2.75) is 6.10 Å². The van der Waals surface area contributed by atoms with E-state index in [2.05, 4.69) is 0 Å². The van der Waals surface area contributed by atoms with E-state index in [1.165, 1.54) is 0 Å². The zero-order chi connectivity index (χ0) is 25.8. The number of benzene rings is 1. The Morgan fingerprint density at radius 2 is 1.34 bits per heavy atom. The second-order valence-electron chi connectivity index (χ2n) is 8.40. The normalized spacial score (nSPS) is 19.4. The molecule has 196 valence electrons. The fraction of sp³-hybridized carbons (Fsp3) is 0.619. The van der Waals surface area contributed by atoms with E-state index >= 15 is 0 Å². The van der Waals surface area contributed by atoms with Crippen LogP contribution in [0, 0.1) is 0 Å². The summed E-state index contributed by atoms with van der Waals surface area (Å²) in [4.78, 5) is 39.0. The Balaban J connectivity index is 2.16. The lowest BCUT2D eigenvalue weighted by Crippen LogP contribution is -2.48. The van der Waals surface area contributed by atoms with Crippen LogP contribution in [0.2, 0.25) is 0 Å². The van der Waals surface area contributed by atoms with Crippen LogP contribution in [0.4, 0.5) is 5.69 Å². The minimum Gasteiger partial charge on any atom is -0.480 e. The molecule has 13 nitrogen and oxygen atoms in total. The first-order valence-electron chi connectivity index (χ1n) is 11.3. The molecule has 0 radical (unpaired) electrons. The third kappa shape index (κ3) is 11.4. The summed E-state index contributed by atoms with van der Waals surface area (Å²) in [7, 11) is -2.79. The molecule has 1 saturated heterocycles. The van der Waals surface area contributed by atoms with Gasteiger partial charge in [-0.05, 0) is 6.07 Å². The lowest BCUT2D eigenvalue weighted by molar-refractivity contribution is -0.139. The summed E-state index contributed by atoms with van der Waals surface area (Å²) in [6.45, 7) is 2.86. The van der Waals surface area contributed by atoms with Crippen LogP contribution in [-0.4, -0.2) is 130 Å². The molecule has 0 spiro atoms. The lowest BCUT2D eigenvalue weighted by atomic mass is 10.1. The third-order valence-electron chi connectivity index (χ3n) is 5.78. The van der Waals surface area contributed by atoms with Gasteiger partial charge < -0.3 is 21.1 Å². The molecule has 2 rings (SSSR count). The number of hydrogen-bond acceptors (Lipinski definition) is 10. The molecule has 2 unspecified atom stereocenters. The Kier molecular flexibility index (Phi) is 12.4. The van der Waals surface area contributed by atoms with Gasteiger partial charge in [0.1, 0.15) is 0 Å². The van der Waals surface area contributed by atoms with E-state index in [9.17, 15) is 29.5 Å². The SMILES string of the molecule is Nc1ccccc1C(O)CN1CCN(CC(=O)O)CCN(CO[P+](=O)O)CCN(CC(=O)O)CC1. The highest BCUT2D eigenvalue weighted by Gasteiger charge is 2.23. The van der Waals surface area contributed by atoms with Gasteiger partial charge in [0, 0.05) is 74.7 Å². The van der Waals surface area contributed by atoms with Gasteiger partial charge in [0.15, 0.2) is 6.73 Å². The number of carbonyl (C=O) groups is 2. The average molecular weight is 517 g/mol. The standard InChI is InChI=1S/C21H34N5O8P/c22-18-4-2-1-3-17(18)19(27)13-23-5-7-24(14-20(28)29)9-11-26(16-34-35(32)33)12-10-25(8-6-23)15-21(30)31/h1-4,19,27H,5-16,22H2,(H2-,28,29,30,31,32,33)/p+1. The van der Waals surface area contributed by atoms with Crippen molar-refractivity contribution in [2.24, 2.45) is 0 Å². The fourth-order valence-corrected chi connectivity index (χ4v) is 4.14. The number of rotatable bonds is 10. The van der Waals surface area contributed by atoms with Crippen LogP contribution in [0.1, 0.15) is 11.7 Å². The largest absolute Gasteiger partial charge is 0.696 e. The molecule has 1 heterocycles. The predicted octanol–water partition coefficient (Wildman–Crippen LogP) is -0.683. The van der Waals surface area contributed by atoms with Crippen molar-refractivity contribution in [1.82, 2.24) is 19.6 Å². The Labute approximate surface area is 205 Å². The summed E-state index contributed by atoms with van der Waals surface area (Å²) in [6, 6.07) is 7.03. The molecule has 35 heavy (non-hydrogen) atoms. The second-order valence-corrected chi connectivity index (χ2v) is 9.13. The first-order valence-corrected chi connectivity index (χ1v) is 12.4. The molecule has 0 saturated carbocycles. The van der Waals surface area contributed by atoms with Crippen molar-refractivity contribution in [3.8, 4) is 0 Å². The minimum absolute atomic E-state index is 0.135. The van der Waals surface area contributed by atoms with E-state index in [-0.39, 0.29) is 26.4 Å². The number of anilines is 1. The van der Waals surface area contributed by atoms with E-state index in [0.29, 0.717) is 63.6 Å². The molecule has 1 fully saturated rings. The summed E-state index contributed by atoms with van der Waals surface area (Å²) in [5.41, 5.74) is 7.07. The number of aliphatic hydroxyl groups is 1. The number of carboxylic acids is 2. The maximum Gasteiger partial charge on any atom is 0.696 e. The second kappa shape index (κ2) is 15.0. The zero-order valence-electron chi connectivity index (χ0n) is 19.6. The molecule has 1 aliphatic rings. The van der Waals surface area contributed by atoms with E-state index in [1.807, 2.05) is 4.90 Å².